The summed E-state index contributed by atoms with van der Waals surface area (Å²) >= 11 is 1.52. The molecule has 0 aliphatic heterocycles. The van der Waals surface area contributed by atoms with Crippen molar-refractivity contribution in [2.75, 3.05) is 39.5 Å². The van der Waals surface area contributed by atoms with Crippen LogP contribution in [0, 0.1) is 6.92 Å². The van der Waals surface area contributed by atoms with Crippen molar-refractivity contribution in [1.29, 1.82) is 0 Å². The summed E-state index contributed by atoms with van der Waals surface area (Å²) in [6.07, 6.45) is 0.343. The maximum atomic E-state index is 12.2. The van der Waals surface area contributed by atoms with Crippen LogP contribution in [0.1, 0.15) is 11.3 Å². The Balaban J connectivity index is 1.90. The third kappa shape index (κ3) is 5.65. The summed E-state index contributed by atoms with van der Waals surface area (Å²) in [5.74, 6) is 0.0965. The lowest BCUT2D eigenvalue weighted by Crippen LogP contribution is -2.34. The van der Waals surface area contributed by atoms with Crippen molar-refractivity contribution in [2.45, 2.75) is 13.3 Å². The first-order valence-corrected chi connectivity index (χ1v) is 8.49. The number of carbonyl (C=O) groups excluding carboxylic acids is 1. The van der Waals surface area contributed by atoms with Gasteiger partial charge in [-0.3, -0.25) is 4.79 Å². The topological polar surface area (TPSA) is 48.5 Å². The molecule has 0 saturated heterocycles. The normalized spacial score (nSPS) is 10.8. The van der Waals surface area contributed by atoms with Gasteiger partial charge in [0, 0.05) is 31.2 Å². The fourth-order valence-electron chi connectivity index (χ4n) is 2.06. The van der Waals surface area contributed by atoms with Crippen molar-refractivity contribution >= 4 is 28.1 Å². The molecule has 0 radical (unpaired) electrons. The van der Waals surface area contributed by atoms with Crippen LogP contribution in [0.3, 0.4) is 0 Å². The van der Waals surface area contributed by atoms with E-state index in [0.29, 0.717) is 6.42 Å². The van der Waals surface area contributed by atoms with Crippen molar-refractivity contribution in [3.63, 3.8) is 0 Å². The third-order valence-electron chi connectivity index (χ3n) is 3.46. The molecule has 0 fully saturated rings. The van der Waals surface area contributed by atoms with Gasteiger partial charge in [0.15, 0.2) is 5.13 Å². The van der Waals surface area contributed by atoms with Crippen LogP contribution in [0.5, 0.6) is 0 Å². The van der Waals surface area contributed by atoms with Crippen LogP contribution in [-0.4, -0.2) is 54.9 Å². The SMILES string of the molecule is Cc1cccc(Nc2nc(CC(=O)N(C)CCN(C)C)cs2)c1. The van der Waals surface area contributed by atoms with E-state index in [2.05, 4.69) is 34.3 Å². The maximum Gasteiger partial charge on any atom is 0.228 e. The lowest BCUT2D eigenvalue weighted by atomic mass is 10.2. The summed E-state index contributed by atoms with van der Waals surface area (Å²) in [7, 11) is 5.84. The van der Waals surface area contributed by atoms with Crippen LogP contribution < -0.4 is 5.32 Å². The van der Waals surface area contributed by atoms with Crippen molar-refractivity contribution < 1.29 is 4.79 Å². The standard InChI is InChI=1S/C17H24N4OS/c1-13-6-5-7-14(10-13)18-17-19-15(12-23-17)11-16(22)21(4)9-8-20(2)3/h5-7,10,12H,8-9,11H2,1-4H3,(H,18,19). The first-order chi connectivity index (χ1) is 10.9. The van der Waals surface area contributed by atoms with Crippen LogP contribution in [0.2, 0.25) is 0 Å². The van der Waals surface area contributed by atoms with Gasteiger partial charge in [-0.1, -0.05) is 12.1 Å². The van der Waals surface area contributed by atoms with E-state index in [9.17, 15) is 4.79 Å². The second-order valence-electron chi connectivity index (χ2n) is 5.93. The Kier molecular flexibility index (Phi) is 6.12. The molecule has 6 heteroatoms. The van der Waals surface area contributed by atoms with Gasteiger partial charge in [0.25, 0.3) is 0 Å². The summed E-state index contributed by atoms with van der Waals surface area (Å²) in [6.45, 7) is 3.64. The average molecular weight is 332 g/mol. The number of nitrogens with one attached hydrogen (secondary N) is 1. The molecule has 0 aliphatic carbocycles. The van der Waals surface area contributed by atoms with Gasteiger partial charge in [0.1, 0.15) is 0 Å². The molecule has 0 atom stereocenters. The summed E-state index contributed by atoms with van der Waals surface area (Å²) in [6, 6.07) is 8.14. The number of aromatic nitrogens is 1. The number of likely N-dealkylation sites (N-methyl/N-ethyl adjacent to an activating group) is 2. The minimum absolute atomic E-state index is 0.0965. The molecule has 1 heterocycles. The number of thiazole rings is 1. The van der Waals surface area contributed by atoms with Crippen LogP contribution in [0.15, 0.2) is 29.6 Å². The quantitative estimate of drug-likeness (QED) is 0.847. The first kappa shape index (κ1) is 17.4. The summed E-state index contributed by atoms with van der Waals surface area (Å²) in [4.78, 5) is 20.5. The van der Waals surface area contributed by atoms with Gasteiger partial charge in [0.2, 0.25) is 5.91 Å². The molecular weight excluding hydrogens is 308 g/mol. The predicted octanol–water partition coefficient (Wildman–Crippen LogP) is 2.76. The number of anilines is 2. The molecular formula is C17H24N4OS. The molecule has 2 rings (SSSR count). The molecule has 1 amide bonds. The second kappa shape index (κ2) is 8.08. The fourth-order valence-corrected chi connectivity index (χ4v) is 2.79. The van der Waals surface area contributed by atoms with Crippen molar-refractivity contribution in [2.24, 2.45) is 0 Å². The Hall–Kier alpha value is -1.92. The minimum atomic E-state index is 0.0965. The van der Waals surface area contributed by atoms with Gasteiger partial charge >= 0.3 is 0 Å². The van der Waals surface area contributed by atoms with E-state index in [0.717, 1.165) is 29.6 Å². The highest BCUT2D eigenvalue weighted by Gasteiger charge is 2.12. The third-order valence-corrected chi connectivity index (χ3v) is 4.27. The van der Waals surface area contributed by atoms with E-state index < -0.39 is 0 Å². The number of rotatable bonds is 7. The number of amides is 1. The highest BCUT2D eigenvalue weighted by Crippen LogP contribution is 2.22. The molecule has 23 heavy (non-hydrogen) atoms. The zero-order valence-electron chi connectivity index (χ0n) is 14.2. The molecule has 1 aromatic heterocycles. The number of benzene rings is 1. The van der Waals surface area contributed by atoms with E-state index in [1.165, 1.54) is 16.9 Å². The molecule has 0 spiro atoms. The molecule has 0 aliphatic rings. The van der Waals surface area contributed by atoms with E-state index in [4.69, 9.17) is 0 Å². The lowest BCUT2D eigenvalue weighted by Gasteiger charge is -2.19. The van der Waals surface area contributed by atoms with Gasteiger partial charge in [-0.05, 0) is 38.7 Å². The molecule has 5 nitrogen and oxygen atoms in total. The van der Waals surface area contributed by atoms with Crippen LogP contribution >= 0.6 is 11.3 Å². The summed E-state index contributed by atoms with van der Waals surface area (Å²) < 4.78 is 0. The molecule has 0 unspecified atom stereocenters. The molecule has 1 aromatic carbocycles. The average Bonchev–Trinajstić information content (AvgIpc) is 2.91. The van der Waals surface area contributed by atoms with Gasteiger partial charge in [0.05, 0.1) is 12.1 Å². The highest BCUT2D eigenvalue weighted by molar-refractivity contribution is 7.13. The van der Waals surface area contributed by atoms with Gasteiger partial charge in [-0.25, -0.2) is 4.98 Å². The number of hydrogen-bond acceptors (Lipinski definition) is 5. The Morgan fingerprint density at radius 2 is 2.04 bits per heavy atom. The van der Waals surface area contributed by atoms with Gasteiger partial charge in [-0.2, -0.15) is 0 Å². The minimum Gasteiger partial charge on any atom is -0.344 e. The lowest BCUT2D eigenvalue weighted by molar-refractivity contribution is -0.129. The van der Waals surface area contributed by atoms with E-state index in [1.807, 2.05) is 38.7 Å². The molecule has 0 saturated carbocycles. The van der Waals surface area contributed by atoms with Crippen molar-refractivity contribution in [1.82, 2.24) is 14.8 Å². The Labute approximate surface area is 141 Å². The van der Waals surface area contributed by atoms with Crippen LogP contribution in [0.25, 0.3) is 0 Å². The molecule has 0 bridgehead atoms. The van der Waals surface area contributed by atoms with Gasteiger partial charge < -0.3 is 15.1 Å². The highest BCUT2D eigenvalue weighted by atomic mass is 32.1. The monoisotopic (exact) mass is 332 g/mol. The van der Waals surface area contributed by atoms with Gasteiger partial charge in [-0.15, -0.1) is 11.3 Å². The largest absolute Gasteiger partial charge is 0.344 e. The Morgan fingerprint density at radius 3 is 2.74 bits per heavy atom. The zero-order valence-corrected chi connectivity index (χ0v) is 15.0. The Morgan fingerprint density at radius 1 is 1.26 bits per heavy atom. The summed E-state index contributed by atoms with van der Waals surface area (Å²) in [5.41, 5.74) is 3.02. The van der Waals surface area contributed by atoms with E-state index in [-0.39, 0.29) is 5.91 Å². The number of carbonyl (C=O) groups is 1. The maximum absolute atomic E-state index is 12.2. The second-order valence-corrected chi connectivity index (χ2v) is 6.79. The van der Waals surface area contributed by atoms with Crippen molar-refractivity contribution in [3.05, 3.63) is 40.9 Å². The Bertz CT molecular complexity index is 654. The summed E-state index contributed by atoms with van der Waals surface area (Å²) in [5, 5.41) is 6.04. The number of hydrogen-bond donors (Lipinski definition) is 1. The van der Waals surface area contributed by atoms with E-state index >= 15 is 0 Å². The smallest absolute Gasteiger partial charge is 0.228 e. The molecule has 124 valence electrons. The van der Waals surface area contributed by atoms with Crippen molar-refractivity contribution in [3.8, 4) is 0 Å². The van der Waals surface area contributed by atoms with Crippen LogP contribution in [0.4, 0.5) is 10.8 Å². The molecule has 1 N–H and O–H groups in total. The zero-order chi connectivity index (χ0) is 16.8. The fraction of sp³-hybridized carbons (Fsp3) is 0.412. The predicted molar refractivity (Wildman–Crippen MR) is 96.5 cm³/mol. The number of aryl methyl sites for hydroxylation is 1. The van der Waals surface area contributed by atoms with Crippen LogP contribution in [-0.2, 0) is 11.2 Å². The molecule has 2 aromatic rings. The first-order valence-electron chi connectivity index (χ1n) is 7.61. The number of nitrogens with zero attached hydrogens (tertiary/aromatic N) is 3. The van der Waals surface area contributed by atoms with E-state index in [1.54, 1.807) is 4.90 Å².